The van der Waals surface area contributed by atoms with Crippen LogP contribution >= 0.6 is 0 Å². The summed E-state index contributed by atoms with van der Waals surface area (Å²) in [6.45, 7) is 19.1. The smallest absolute Gasteiger partial charge is 0.0243 e. The van der Waals surface area contributed by atoms with Crippen LogP contribution in [0.3, 0.4) is 0 Å². The highest BCUT2D eigenvalue weighted by molar-refractivity contribution is 5.01. The molecular formula is C25H46. The molecule has 0 nitrogen and oxygen atoms in total. The van der Waals surface area contributed by atoms with E-state index in [2.05, 4.69) is 54.2 Å². The summed E-state index contributed by atoms with van der Waals surface area (Å²) in [5, 5.41) is 0. The molecule has 146 valence electrons. The molecule has 25 heavy (non-hydrogen) atoms. The SMILES string of the molecule is C=CCC(CC)C1CC2CC(C)C(C)(C(CC(C)CC)C2)C(CC)C1. The van der Waals surface area contributed by atoms with Crippen LogP contribution in [0.2, 0.25) is 0 Å². The molecule has 0 N–H and O–H groups in total. The second-order valence-electron chi connectivity index (χ2n) is 10.1. The van der Waals surface area contributed by atoms with E-state index in [1.165, 1.54) is 57.8 Å². The number of fused-ring (bicyclic) bond motifs is 5. The molecule has 0 heterocycles. The maximum atomic E-state index is 4.05. The molecule has 3 rings (SSSR count). The maximum Gasteiger partial charge on any atom is -0.0243 e. The van der Waals surface area contributed by atoms with E-state index in [4.69, 9.17) is 0 Å². The van der Waals surface area contributed by atoms with Crippen molar-refractivity contribution in [1.29, 1.82) is 0 Å². The van der Waals surface area contributed by atoms with Crippen LogP contribution in [0.15, 0.2) is 12.7 Å². The summed E-state index contributed by atoms with van der Waals surface area (Å²) < 4.78 is 0. The summed E-state index contributed by atoms with van der Waals surface area (Å²) in [6, 6.07) is 0. The summed E-state index contributed by atoms with van der Waals surface area (Å²) in [6.07, 6.45) is 14.9. The largest absolute Gasteiger partial charge is 0.103 e. The van der Waals surface area contributed by atoms with Gasteiger partial charge in [-0.2, -0.15) is 0 Å². The molecule has 2 bridgehead atoms. The predicted molar refractivity (Wildman–Crippen MR) is 113 cm³/mol. The van der Waals surface area contributed by atoms with Crippen LogP contribution in [0.4, 0.5) is 0 Å². The zero-order chi connectivity index (χ0) is 18.6. The Hall–Kier alpha value is -0.260. The van der Waals surface area contributed by atoms with E-state index < -0.39 is 0 Å². The lowest BCUT2D eigenvalue weighted by molar-refractivity contribution is -0.0805. The standard InChI is InChI=1S/C25H46/c1-8-12-21(10-3)22-15-20-14-19(6)25(7,23(11-4)17-22)24(16-20)13-18(5)9-2/h8,18-24H,1,9-17H2,2-7H3. The molecule has 8 unspecified atom stereocenters. The average Bonchev–Trinajstić information content (AvgIpc) is 2.59. The fraction of sp³-hybridized carbons (Fsp3) is 0.920. The van der Waals surface area contributed by atoms with E-state index in [0.29, 0.717) is 5.41 Å². The monoisotopic (exact) mass is 346 g/mol. The van der Waals surface area contributed by atoms with Gasteiger partial charge < -0.3 is 0 Å². The van der Waals surface area contributed by atoms with Crippen molar-refractivity contribution in [2.45, 2.75) is 99.3 Å². The summed E-state index contributed by atoms with van der Waals surface area (Å²) in [5.41, 5.74) is 0.569. The minimum Gasteiger partial charge on any atom is -0.103 e. The second-order valence-corrected chi connectivity index (χ2v) is 10.1. The van der Waals surface area contributed by atoms with Gasteiger partial charge in [-0.25, -0.2) is 0 Å². The Bertz CT molecular complexity index is 410. The van der Waals surface area contributed by atoms with E-state index in [1.807, 2.05) is 0 Å². The number of allylic oxidation sites excluding steroid dienone is 1. The van der Waals surface area contributed by atoms with Gasteiger partial charge in [-0.1, -0.05) is 66.9 Å². The zero-order valence-electron chi connectivity index (χ0n) is 18.2. The lowest BCUT2D eigenvalue weighted by Crippen LogP contribution is -2.49. The molecule has 0 aromatic rings. The minimum absolute atomic E-state index is 0.569. The highest BCUT2D eigenvalue weighted by Gasteiger charge is 2.51. The Labute approximate surface area is 159 Å². The summed E-state index contributed by atoms with van der Waals surface area (Å²) in [7, 11) is 0. The van der Waals surface area contributed by atoms with Crippen LogP contribution in [0.25, 0.3) is 0 Å². The minimum atomic E-state index is 0.569. The fourth-order valence-corrected chi connectivity index (χ4v) is 6.88. The van der Waals surface area contributed by atoms with Gasteiger partial charge in [0.1, 0.15) is 0 Å². The zero-order valence-corrected chi connectivity index (χ0v) is 18.2. The molecule has 8 atom stereocenters. The van der Waals surface area contributed by atoms with Gasteiger partial charge in [-0.05, 0) is 85.4 Å². The van der Waals surface area contributed by atoms with Crippen molar-refractivity contribution in [3.05, 3.63) is 12.7 Å². The van der Waals surface area contributed by atoms with Crippen molar-refractivity contribution >= 4 is 0 Å². The molecule has 0 amide bonds. The van der Waals surface area contributed by atoms with Gasteiger partial charge in [0.05, 0.1) is 0 Å². The first-order valence-electron chi connectivity index (χ1n) is 11.5. The van der Waals surface area contributed by atoms with Crippen molar-refractivity contribution in [3.63, 3.8) is 0 Å². The Kier molecular flexibility index (Phi) is 7.66. The molecule has 0 aliphatic heterocycles. The highest BCUT2D eigenvalue weighted by atomic mass is 14.6. The van der Waals surface area contributed by atoms with Gasteiger partial charge in [0.25, 0.3) is 0 Å². The third-order valence-corrected chi connectivity index (χ3v) is 8.89. The van der Waals surface area contributed by atoms with E-state index in [9.17, 15) is 0 Å². The normalized spacial score (nSPS) is 41.0. The first kappa shape index (κ1) is 21.0. The van der Waals surface area contributed by atoms with Crippen LogP contribution in [0, 0.1) is 46.8 Å². The molecule has 0 aromatic carbocycles. The van der Waals surface area contributed by atoms with Gasteiger partial charge >= 0.3 is 0 Å². The molecule has 3 fully saturated rings. The molecular weight excluding hydrogens is 300 g/mol. The molecule has 3 saturated carbocycles. The summed E-state index contributed by atoms with van der Waals surface area (Å²) in [5.74, 6) is 6.48. The van der Waals surface area contributed by atoms with E-state index in [-0.39, 0.29) is 0 Å². The Balaban J connectivity index is 2.29. The van der Waals surface area contributed by atoms with Crippen molar-refractivity contribution in [2.75, 3.05) is 0 Å². The quantitative estimate of drug-likeness (QED) is 0.389. The van der Waals surface area contributed by atoms with Gasteiger partial charge in [-0.3, -0.25) is 0 Å². The molecule has 0 saturated heterocycles. The highest BCUT2D eigenvalue weighted by Crippen LogP contribution is 2.60. The van der Waals surface area contributed by atoms with Crippen molar-refractivity contribution in [1.82, 2.24) is 0 Å². The van der Waals surface area contributed by atoms with Gasteiger partial charge in [0.15, 0.2) is 0 Å². The Morgan fingerprint density at radius 2 is 1.76 bits per heavy atom. The van der Waals surface area contributed by atoms with Crippen molar-refractivity contribution < 1.29 is 0 Å². The van der Waals surface area contributed by atoms with Crippen LogP contribution in [-0.2, 0) is 0 Å². The molecule has 3 aliphatic rings. The van der Waals surface area contributed by atoms with Crippen LogP contribution in [0.5, 0.6) is 0 Å². The fourth-order valence-electron chi connectivity index (χ4n) is 6.88. The van der Waals surface area contributed by atoms with E-state index in [0.717, 1.165) is 41.4 Å². The Morgan fingerprint density at radius 3 is 2.32 bits per heavy atom. The second kappa shape index (κ2) is 9.09. The van der Waals surface area contributed by atoms with Crippen LogP contribution < -0.4 is 0 Å². The third kappa shape index (κ3) is 4.36. The van der Waals surface area contributed by atoms with Gasteiger partial charge in [-0.15, -0.1) is 6.58 Å². The predicted octanol–water partition coefficient (Wildman–Crippen LogP) is 8.13. The average molecular weight is 347 g/mol. The lowest BCUT2D eigenvalue weighted by atomic mass is 9.48. The maximum absolute atomic E-state index is 4.05. The molecule has 0 aromatic heterocycles. The topological polar surface area (TPSA) is 0 Å². The van der Waals surface area contributed by atoms with Crippen LogP contribution in [0.1, 0.15) is 99.3 Å². The van der Waals surface area contributed by atoms with Gasteiger partial charge in [0.2, 0.25) is 0 Å². The van der Waals surface area contributed by atoms with E-state index in [1.54, 1.807) is 0 Å². The Morgan fingerprint density at radius 1 is 1.04 bits per heavy atom. The first-order chi connectivity index (χ1) is 11.9. The third-order valence-electron chi connectivity index (χ3n) is 8.89. The number of rotatable bonds is 8. The van der Waals surface area contributed by atoms with Crippen molar-refractivity contribution in [2.24, 2.45) is 46.8 Å². The summed E-state index contributed by atoms with van der Waals surface area (Å²) in [4.78, 5) is 0. The number of hydrogen-bond acceptors (Lipinski definition) is 0. The summed E-state index contributed by atoms with van der Waals surface area (Å²) >= 11 is 0. The van der Waals surface area contributed by atoms with Crippen LogP contribution in [-0.4, -0.2) is 0 Å². The molecule has 3 aliphatic carbocycles. The molecule has 0 radical (unpaired) electrons. The molecule has 0 spiro atoms. The molecule has 0 heteroatoms. The first-order valence-corrected chi connectivity index (χ1v) is 11.5. The van der Waals surface area contributed by atoms with Gasteiger partial charge in [0, 0.05) is 0 Å². The van der Waals surface area contributed by atoms with Crippen molar-refractivity contribution in [3.8, 4) is 0 Å². The lowest BCUT2D eigenvalue weighted by Gasteiger charge is -2.57. The van der Waals surface area contributed by atoms with E-state index >= 15 is 0 Å². The number of hydrogen-bond donors (Lipinski definition) is 0.